The maximum atomic E-state index is 10.1. The fraction of sp³-hybridized carbons (Fsp3) is 0.909. The third-order valence-corrected chi connectivity index (χ3v) is 4.92. The first-order valence-electron chi connectivity index (χ1n) is 5.28. The lowest BCUT2D eigenvalue weighted by atomic mass is 9.70. The van der Waals surface area contributed by atoms with Crippen LogP contribution in [0, 0.1) is 16.7 Å². The van der Waals surface area contributed by atoms with Crippen molar-refractivity contribution >= 4 is 6.47 Å². The van der Waals surface area contributed by atoms with E-state index in [1.807, 2.05) is 0 Å². The first-order valence-corrected chi connectivity index (χ1v) is 5.28. The molecule has 0 radical (unpaired) electrons. The molecule has 0 saturated heterocycles. The van der Waals surface area contributed by atoms with Crippen LogP contribution < -0.4 is 0 Å². The lowest BCUT2D eigenvalue weighted by Crippen LogP contribution is -2.37. The van der Waals surface area contributed by atoms with Crippen molar-refractivity contribution in [2.45, 2.75) is 46.1 Å². The van der Waals surface area contributed by atoms with Crippen LogP contribution in [0.1, 0.15) is 40.0 Å². The van der Waals surface area contributed by atoms with Crippen molar-refractivity contribution in [3.8, 4) is 0 Å². The summed E-state index contributed by atoms with van der Waals surface area (Å²) in [7, 11) is 0. The summed E-state index contributed by atoms with van der Waals surface area (Å²) >= 11 is 0. The smallest absolute Gasteiger partial charge is 0.301 e. The number of carbonyl (C=O) groups excluding carboxylic acids is 1. The second-order valence-electron chi connectivity index (χ2n) is 5.39. The van der Waals surface area contributed by atoms with E-state index in [9.17, 15) is 4.79 Å². The average Bonchev–Trinajstić information content (AvgIpc) is 2.46. The highest BCUT2D eigenvalue weighted by molar-refractivity contribution is 5.35. The van der Waals surface area contributed by atoms with Gasteiger partial charge in [-0.3, -0.25) is 4.79 Å². The quantitative estimate of drug-likeness (QED) is 0.396. The molecular formula is C11H18O3. The third kappa shape index (κ3) is 1.05. The third-order valence-electron chi connectivity index (χ3n) is 4.92. The van der Waals surface area contributed by atoms with Gasteiger partial charge in [-0.05, 0) is 30.6 Å². The molecule has 2 saturated carbocycles. The van der Waals surface area contributed by atoms with Gasteiger partial charge < -0.3 is 4.89 Å². The van der Waals surface area contributed by atoms with Crippen LogP contribution in [0.3, 0.4) is 0 Å². The molecule has 2 aliphatic rings. The first kappa shape index (κ1) is 9.97. The van der Waals surface area contributed by atoms with Gasteiger partial charge >= 0.3 is 6.47 Å². The minimum Gasteiger partial charge on any atom is -0.301 e. The van der Waals surface area contributed by atoms with Crippen LogP contribution in [0.15, 0.2) is 0 Å². The van der Waals surface area contributed by atoms with Crippen molar-refractivity contribution < 1.29 is 14.6 Å². The molecule has 3 unspecified atom stereocenters. The molecule has 2 fully saturated rings. The second kappa shape index (κ2) is 2.96. The summed E-state index contributed by atoms with van der Waals surface area (Å²) in [6.45, 7) is 7.21. The van der Waals surface area contributed by atoms with E-state index < -0.39 is 0 Å². The summed E-state index contributed by atoms with van der Waals surface area (Å²) in [5.41, 5.74) is 0.477. The van der Waals surface area contributed by atoms with Crippen molar-refractivity contribution in [1.29, 1.82) is 0 Å². The molecule has 0 heterocycles. The first-order chi connectivity index (χ1) is 6.52. The van der Waals surface area contributed by atoms with Gasteiger partial charge in [-0.25, -0.2) is 0 Å². The Bertz CT molecular complexity index is 249. The average molecular weight is 198 g/mol. The molecule has 0 aromatic heterocycles. The van der Waals surface area contributed by atoms with Crippen LogP contribution in [0.5, 0.6) is 0 Å². The molecule has 0 aromatic rings. The lowest BCUT2D eigenvalue weighted by molar-refractivity contribution is -0.307. The monoisotopic (exact) mass is 198 g/mol. The largest absolute Gasteiger partial charge is 0.330 e. The van der Waals surface area contributed by atoms with Crippen LogP contribution >= 0.6 is 0 Å². The van der Waals surface area contributed by atoms with Gasteiger partial charge in [0.1, 0.15) is 6.10 Å². The second-order valence-corrected chi connectivity index (χ2v) is 5.39. The lowest BCUT2D eigenvalue weighted by Gasteiger charge is -2.37. The van der Waals surface area contributed by atoms with E-state index in [1.165, 1.54) is 12.8 Å². The highest BCUT2D eigenvalue weighted by Crippen LogP contribution is 2.66. The van der Waals surface area contributed by atoms with Gasteiger partial charge in [0.05, 0.1) is 0 Å². The molecule has 2 aliphatic carbocycles. The summed E-state index contributed by atoms with van der Waals surface area (Å²) in [4.78, 5) is 19.7. The highest BCUT2D eigenvalue weighted by Gasteiger charge is 2.62. The molecule has 0 aliphatic heterocycles. The molecule has 2 bridgehead atoms. The van der Waals surface area contributed by atoms with Crippen LogP contribution in [0.25, 0.3) is 0 Å². The molecule has 3 nitrogen and oxygen atoms in total. The van der Waals surface area contributed by atoms with Crippen LogP contribution in [0.2, 0.25) is 0 Å². The molecule has 14 heavy (non-hydrogen) atoms. The van der Waals surface area contributed by atoms with Crippen molar-refractivity contribution in [2.75, 3.05) is 0 Å². The molecule has 2 rings (SSSR count). The molecule has 80 valence electrons. The summed E-state index contributed by atoms with van der Waals surface area (Å²) in [5, 5.41) is 0. The Morgan fingerprint density at radius 3 is 2.50 bits per heavy atom. The van der Waals surface area contributed by atoms with E-state index in [2.05, 4.69) is 25.7 Å². The minimum atomic E-state index is 0.0847. The molecule has 0 aromatic carbocycles. The Kier molecular flexibility index (Phi) is 2.11. The van der Waals surface area contributed by atoms with Crippen molar-refractivity contribution in [3.05, 3.63) is 0 Å². The van der Waals surface area contributed by atoms with E-state index in [0.717, 1.165) is 6.42 Å². The van der Waals surface area contributed by atoms with Crippen molar-refractivity contribution in [3.63, 3.8) is 0 Å². The van der Waals surface area contributed by atoms with Gasteiger partial charge in [0.15, 0.2) is 0 Å². The Labute approximate surface area is 84.7 Å². The van der Waals surface area contributed by atoms with Crippen LogP contribution in [-0.4, -0.2) is 12.6 Å². The van der Waals surface area contributed by atoms with E-state index in [0.29, 0.717) is 17.8 Å². The molecule has 0 spiro atoms. The number of hydrogen-bond donors (Lipinski definition) is 0. The summed E-state index contributed by atoms with van der Waals surface area (Å²) in [6, 6.07) is 0. The Hall–Kier alpha value is -0.570. The van der Waals surface area contributed by atoms with Gasteiger partial charge in [0.2, 0.25) is 0 Å². The highest BCUT2D eigenvalue weighted by atomic mass is 17.2. The molecule has 0 amide bonds. The molecule has 0 N–H and O–H groups in total. The number of rotatable bonds is 3. The van der Waals surface area contributed by atoms with Crippen LogP contribution in [-0.2, 0) is 14.6 Å². The number of hydrogen-bond acceptors (Lipinski definition) is 3. The van der Waals surface area contributed by atoms with E-state index >= 15 is 0 Å². The zero-order valence-electron chi connectivity index (χ0n) is 9.08. The van der Waals surface area contributed by atoms with Gasteiger partial charge in [0, 0.05) is 5.41 Å². The summed E-state index contributed by atoms with van der Waals surface area (Å²) < 4.78 is 0. The normalized spacial score (nSPS) is 43.9. The van der Waals surface area contributed by atoms with E-state index in [4.69, 9.17) is 4.89 Å². The fourth-order valence-electron chi connectivity index (χ4n) is 3.37. The van der Waals surface area contributed by atoms with Gasteiger partial charge in [-0.1, -0.05) is 20.8 Å². The van der Waals surface area contributed by atoms with Crippen molar-refractivity contribution in [2.24, 2.45) is 16.7 Å². The van der Waals surface area contributed by atoms with E-state index in [-0.39, 0.29) is 11.5 Å². The number of fused-ring (bicyclic) bond motifs is 2. The Morgan fingerprint density at radius 2 is 2.07 bits per heavy atom. The van der Waals surface area contributed by atoms with E-state index in [1.54, 1.807) is 0 Å². The minimum absolute atomic E-state index is 0.0847. The van der Waals surface area contributed by atoms with Gasteiger partial charge in [-0.2, -0.15) is 4.89 Å². The predicted molar refractivity (Wildman–Crippen MR) is 51.3 cm³/mol. The number of carbonyl (C=O) groups is 1. The maximum Gasteiger partial charge on any atom is 0.330 e. The summed E-state index contributed by atoms with van der Waals surface area (Å²) in [5.74, 6) is 0.716. The zero-order valence-corrected chi connectivity index (χ0v) is 9.08. The maximum absolute atomic E-state index is 10.1. The van der Waals surface area contributed by atoms with Gasteiger partial charge in [0.25, 0.3) is 0 Å². The molecular weight excluding hydrogens is 180 g/mol. The Balaban J connectivity index is 2.14. The van der Waals surface area contributed by atoms with Crippen molar-refractivity contribution in [1.82, 2.24) is 0 Å². The molecule has 3 atom stereocenters. The fourth-order valence-corrected chi connectivity index (χ4v) is 3.37. The standard InChI is InChI=1S/C11H18O3/c1-10(2)8-4-5-11(10,3)9(6-8)14-13-7-12/h7-9H,4-6H2,1-3H3. The SMILES string of the molecule is CC1(C)C2CCC1(C)C(OOC=O)C2. The van der Waals surface area contributed by atoms with Crippen LogP contribution in [0.4, 0.5) is 0 Å². The summed E-state index contributed by atoms with van der Waals surface area (Å²) in [6.07, 6.45) is 3.57. The Morgan fingerprint density at radius 1 is 1.36 bits per heavy atom. The predicted octanol–water partition coefficient (Wildman–Crippen LogP) is 2.31. The topological polar surface area (TPSA) is 35.5 Å². The molecule has 3 heteroatoms. The van der Waals surface area contributed by atoms with Gasteiger partial charge in [-0.15, -0.1) is 0 Å². The zero-order chi connectivity index (χ0) is 10.4.